The molecule has 0 atom stereocenters. The van der Waals surface area contributed by atoms with E-state index in [0.717, 1.165) is 0 Å². The number of nitrogens with one attached hydrogen (secondary N) is 6. The van der Waals surface area contributed by atoms with Gasteiger partial charge in [-0.3, -0.25) is 109 Å². The Bertz CT molecular complexity index is 2660. The van der Waals surface area contributed by atoms with E-state index in [0.29, 0.717) is 32.9 Å². The number of H-pyrrole nitrogens is 2. The van der Waals surface area contributed by atoms with E-state index in [4.69, 9.17) is 0 Å². The van der Waals surface area contributed by atoms with E-state index in [1.807, 2.05) is 0 Å². The molecule has 82 heavy (non-hydrogen) atoms. The van der Waals surface area contributed by atoms with Crippen LogP contribution in [0, 0.1) is 0 Å². The summed E-state index contributed by atoms with van der Waals surface area (Å²) in [6, 6.07) is 14.1. The summed E-state index contributed by atoms with van der Waals surface area (Å²) < 4.78 is 0. The summed E-state index contributed by atoms with van der Waals surface area (Å²) in [6.07, 6.45) is -0.0233. The molecule has 4 aromatic rings. The van der Waals surface area contributed by atoms with Crippen LogP contribution in [0.4, 0.5) is 0 Å². The number of aromatic amines is 2. The molecule has 6 rings (SSSR count). The number of hydrogen-bond acceptors (Lipinski definition) is 18. The summed E-state index contributed by atoms with van der Waals surface area (Å²) in [5.74, 6) is -9.38. The maximum absolute atomic E-state index is 14.2. The van der Waals surface area contributed by atoms with Gasteiger partial charge >= 0.3 is 65.4 Å². The Kier molecular flexibility index (Phi) is 26.1. The molecule has 4 heterocycles. The van der Waals surface area contributed by atoms with Gasteiger partial charge in [0.1, 0.15) is 11.4 Å². The molecule has 442 valence electrons. The van der Waals surface area contributed by atoms with Gasteiger partial charge in [0.05, 0.1) is 52.4 Å². The Hall–Kier alpha value is -7.10. The normalized spacial score (nSPS) is 17.0. The number of nitrogens with zero attached hydrogens (tertiary/aromatic N) is 8. The second kappa shape index (κ2) is 32.5. The fourth-order valence-electron chi connectivity index (χ4n) is 9.76. The molecule has 2 saturated heterocycles. The Balaban J connectivity index is 0.00000740. The molecule has 31 heteroatoms. The largest absolute Gasteiger partial charge is 1.00 e. The number of benzene rings is 2. The van der Waals surface area contributed by atoms with Gasteiger partial charge in [0.25, 0.3) is 23.6 Å². The first kappa shape index (κ1) is 65.7. The fraction of sp³-hybridized carbons (Fsp3) is 0.490. The molecule has 2 aliphatic heterocycles. The number of aromatic nitrogens is 2. The Labute approximate surface area is 494 Å². The molecule has 2 aliphatic rings. The zero-order valence-electron chi connectivity index (χ0n) is 46.6. The third-order valence-electron chi connectivity index (χ3n) is 13.8. The first-order chi connectivity index (χ1) is 38.7. The predicted molar refractivity (Wildman–Crippen MR) is 289 cm³/mol. The number of carbonyl (C=O) groups excluding carboxylic acids is 4. The molecule has 12 N–H and O–H groups in total. The van der Waals surface area contributed by atoms with Crippen LogP contribution in [0.1, 0.15) is 33.5 Å². The van der Waals surface area contributed by atoms with Crippen LogP contribution < -0.4 is 51.3 Å². The number of carbonyl (C=O) groups is 10. The van der Waals surface area contributed by atoms with Crippen molar-refractivity contribution in [3.63, 3.8) is 0 Å². The van der Waals surface area contributed by atoms with Crippen molar-refractivity contribution in [1.29, 1.82) is 0 Å². The summed E-state index contributed by atoms with van der Waals surface area (Å²) in [4.78, 5) is 145. The number of carboxylic acid groups (broad SMARTS) is 6. The number of hydrogen-bond donors (Lipinski definition) is 12. The van der Waals surface area contributed by atoms with E-state index in [-0.39, 0.29) is 206 Å². The maximum Gasteiger partial charge on any atom is 1.00 e. The fourth-order valence-corrected chi connectivity index (χ4v) is 9.76. The molecular weight excluding hydrogens is 1090 g/mol. The molecule has 0 spiro atoms. The van der Waals surface area contributed by atoms with Gasteiger partial charge in [-0.2, -0.15) is 0 Å². The van der Waals surface area contributed by atoms with E-state index in [1.54, 1.807) is 87.7 Å². The quantitative estimate of drug-likeness (QED) is 0.0289. The SMILES string of the molecule is O=C(O)CN1CCN(CC(=O)O)CCN(CC(=O)NNC(=O)c2[nH]c3ccccc3c2Cc2c(C(=O)NNC(=O)CN3CCN(CC(=O)O)CCN(CC(=O)O)CCN(CC(=O)O)CC3)[nH]c3ccccc23)CCN(CC(=O)O)CC1.[H-].[Na+]. The smallest absolute Gasteiger partial charge is 1.00 e. The second-order valence-electron chi connectivity index (χ2n) is 19.8. The van der Waals surface area contributed by atoms with Crippen molar-refractivity contribution in [3.8, 4) is 0 Å². The minimum atomic E-state index is -1.11. The van der Waals surface area contributed by atoms with E-state index in [9.17, 15) is 78.6 Å². The predicted octanol–water partition coefficient (Wildman–Crippen LogP) is -6.17. The van der Waals surface area contributed by atoms with Crippen molar-refractivity contribution >= 4 is 81.3 Å². The third kappa shape index (κ3) is 21.3. The second-order valence-corrected chi connectivity index (χ2v) is 19.8. The average Bonchev–Trinajstić information content (AvgIpc) is 4.18. The molecule has 0 saturated carbocycles. The Morgan fingerprint density at radius 3 is 0.805 bits per heavy atom. The summed E-state index contributed by atoms with van der Waals surface area (Å²) >= 11 is 0. The van der Waals surface area contributed by atoms with E-state index in [2.05, 4.69) is 31.7 Å². The number of amides is 4. The van der Waals surface area contributed by atoms with Gasteiger partial charge in [0.15, 0.2) is 0 Å². The molecule has 2 aromatic carbocycles. The van der Waals surface area contributed by atoms with Crippen molar-refractivity contribution in [1.82, 2.24) is 70.9 Å². The van der Waals surface area contributed by atoms with E-state index in [1.165, 1.54) is 0 Å². The molecule has 2 aromatic heterocycles. The first-order valence-corrected chi connectivity index (χ1v) is 26.2. The van der Waals surface area contributed by atoms with Crippen LogP contribution in [-0.4, -0.2) is 296 Å². The number of rotatable bonds is 20. The van der Waals surface area contributed by atoms with Crippen LogP contribution in [0.5, 0.6) is 0 Å². The number of fused-ring (bicyclic) bond motifs is 2. The Morgan fingerprint density at radius 2 is 0.573 bits per heavy atom. The molecule has 2 fully saturated rings. The molecule has 0 radical (unpaired) electrons. The number of aliphatic carboxylic acids is 6. The number of para-hydroxylation sites is 2. The van der Waals surface area contributed by atoms with Crippen LogP contribution in [0.2, 0.25) is 0 Å². The minimum absolute atomic E-state index is 0. The molecule has 30 nitrogen and oxygen atoms in total. The van der Waals surface area contributed by atoms with Gasteiger partial charge in [0, 0.05) is 133 Å². The first-order valence-electron chi connectivity index (χ1n) is 26.2. The van der Waals surface area contributed by atoms with Gasteiger partial charge in [0.2, 0.25) is 0 Å². The number of carboxylic acids is 6. The van der Waals surface area contributed by atoms with Gasteiger partial charge in [-0.25, -0.2) is 0 Å². The molecule has 4 amide bonds. The topological polar surface area (TPSA) is 398 Å². The van der Waals surface area contributed by atoms with Gasteiger partial charge in [-0.15, -0.1) is 0 Å². The van der Waals surface area contributed by atoms with Crippen LogP contribution in [-0.2, 0) is 44.8 Å². The summed E-state index contributed by atoms with van der Waals surface area (Å²) in [5.41, 5.74) is 12.0. The van der Waals surface area contributed by atoms with Crippen molar-refractivity contribution in [3.05, 3.63) is 71.0 Å². The molecule has 0 bridgehead atoms. The van der Waals surface area contributed by atoms with Crippen molar-refractivity contribution in [2.24, 2.45) is 0 Å². The molecule has 0 aliphatic carbocycles. The summed E-state index contributed by atoms with van der Waals surface area (Å²) in [5, 5.41) is 58.6. The number of hydrazine groups is 2. The minimum Gasteiger partial charge on any atom is -1.00 e. The zero-order chi connectivity index (χ0) is 58.6. The van der Waals surface area contributed by atoms with Crippen molar-refractivity contribution < 1.29 is 110 Å². The van der Waals surface area contributed by atoms with Crippen molar-refractivity contribution in [2.75, 3.05) is 157 Å². The standard InChI is InChI=1S/C51H70N14O16.Na.H/c66-40(26-58-9-13-60(28-42(68)69)17-21-64(32-46(76)77)22-18-61(14-10-58)29-43(70)71)54-56-50(80)48-36(34-5-1-3-7-38(34)52-48)25-37-35-6-2-4-8-39(35)53-49(37)51(81)57-55-41(67)27-59-11-15-62(30-44(72)73)19-23-65(33-47(78)79)24-20-63(16-12-59)31-45(74)75;;/h1-8,52-53H,9-33H2,(H,54,66)(H,55,67)(H,56,80)(H,57,81)(H,68,69)(H,70,71)(H,72,73)(H,74,75)(H,76,77)(H,78,79);;/q;+1;-1. The average molecular weight is 1160 g/mol. The maximum atomic E-state index is 14.2. The molecule has 0 unspecified atom stereocenters. The van der Waals surface area contributed by atoms with E-state index < -0.39 is 59.4 Å². The van der Waals surface area contributed by atoms with Crippen LogP contribution in [0.25, 0.3) is 21.8 Å². The van der Waals surface area contributed by atoms with Gasteiger partial charge in [-0.05, 0) is 23.3 Å². The van der Waals surface area contributed by atoms with Gasteiger partial charge < -0.3 is 42.0 Å². The summed E-state index contributed by atoms with van der Waals surface area (Å²) in [6.45, 7) is 0.150. The third-order valence-corrected chi connectivity index (χ3v) is 13.8. The van der Waals surface area contributed by atoms with Crippen LogP contribution in [0.15, 0.2) is 48.5 Å². The summed E-state index contributed by atoms with van der Waals surface area (Å²) in [7, 11) is 0. The van der Waals surface area contributed by atoms with E-state index >= 15 is 0 Å². The van der Waals surface area contributed by atoms with Crippen LogP contribution in [0.3, 0.4) is 0 Å². The van der Waals surface area contributed by atoms with Crippen molar-refractivity contribution in [2.45, 2.75) is 6.42 Å². The van der Waals surface area contributed by atoms with Crippen LogP contribution >= 0.6 is 0 Å². The van der Waals surface area contributed by atoms with Gasteiger partial charge in [-0.1, -0.05) is 36.4 Å². The molecular formula is C51H71N14NaO16. The Morgan fingerprint density at radius 1 is 0.354 bits per heavy atom. The monoisotopic (exact) mass is 1160 g/mol. The zero-order valence-corrected chi connectivity index (χ0v) is 47.6.